The van der Waals surface area contributed by atoms with E-state index in [0.717, 1.165) is 119 Å². The van der Waals surface area contributed by atoms with Crippen LogP contribution in [0.1, 0.15) is 127 Å². The molecule has 0 atom stereocenters. The maximum absolute atomic E-state index is 6.38. The molecule has 11 nitrogen and oxygen atoms in total. The number of thioether (sulfide) groups is 2. The number of ether oxygens (including phenoxy) is 3. The van der Waals surface area contributed by atoms with Gasteiger partial charge in [0.15, 0.2) is 11.6 Å². The molecule has 0 amide bonds. The third-order valence-electron chi connectivity index (χ3n) is 12.6. The molecule has 0 bridgehead atoms. The van der Waals surface area contributed by atoms with Gasteiger partial charge in [0.2, 0.25) is 0 Å². The Labute approximate surface area is 405 Å². The molecular weight excluding hydrogens is 873 g/mol. The lowest BCUT2D eigenvalue weighted by atomic mass is 9.80. The van der Waals surface area contributed by atoms with Gasteiger partial charge in [0, 0.05) is 54.8 Å². The average Bonchev–Trinajstić information content (AvgIpc) is 3.71. The number of benzene rings is 4. The average molecular weight is 939 g/mol. The normalized spacial score (nSPS) is 14.0. The van der Waals surface area contributed by atoms with Crippen molar-refractivity contribution in [1.29, 1.82) is 0 Å². The number of methoxy groups -OCH3 is 2. The van der Waals surface area contributed by atoms with Crippen molar-refractivity contribution in [3.63, 3.8) is 0 Å². The number of hydrogen-bond acceptors (Lipinski definition) is 11. The highest BCUT2D eigenvalue weighted by molar-refractivity contribution is 8.00. The minimum Gasteiger partial charge on any atom is -0.497 e. The lowest BCUT2D eigenvalue weighted by Gasteiger charge is -2.35. The molecule has 13 heteroatoms. The minimum atomic E-state index is 0.0290. The predicted octanol–water partition coefficient (Wildman–Crippen LogP) is 12.3. The lowest BCUT2D eigenvalue weighted by Crippen LogP contribution is -2.28. The van der Waals surface area contributed by atoms with Gasteiger partial charge < -0.3 is 14.2 Å². The van der Waals surface area contributed by atoms with Gasteiger partial charge in [0.25, 0.3) is 0 Å². The van der Waals surface area contributed by atoms with Crippen LogP contribution in [0, 0.1) is 24.7 Å². The third kappa shape index (κ3) is 11.2. The zero-order valence-electron chi connectivity index (χ0n) is 41.4. The summed E-state index contributed by atoms with van der Waals surface area (Å²) in [6.07, 6.45) is 4.14. The number of aliphatic imine (C=N–C) groups is 2. The van der Waals surface area contributed by atoms with Crippen molar-refractivity contribution in [3.05, 3.63) is 130 Å². The molecule has 0 N–H and O–H groups in total. The first-order valence-corrected chi connectivity index (χ1v) is 24.9. The Morgan fingerprint density at radius 3 is 1.28 bits per heavy atom. The largest absolute Gasteiger partial charge is 0.497 e. The van der Waals surface area contributed by atoms with Crippen LogP contribution in [0.25, 0.3) is 11.4 Å². The van der Waals surface area contributed by atoms with Crippen LogP contribution >= 0.6 is 23.5 Å². The highest BCUT2D eigenvalue weighted by Gasteiger charge is 2.32. The molecule has 6 aromatic rings. The van der Waals surface area contributed by atoms with Crippen LogP contribution in [0.3, 0.4) is 0 Å². The van der Waals surface area contributed by atoms with E-state index in [1.54, 1.807) is 14.2 Å². The summed E-state index contributed by atoms with van der Waals surface area (Å²) in [5, 5.41) is 17.5. The quantitative estimate of drug-likeness (QED) is 0.0614. The molecule has 2 aliphatic heterocycles. The van der Waals surface area contributed by atoms with E-state index in [9.17, 15) is 0 Å². The van der Waals surface area contributed by atoms with Gasteiger partial charge in [-0.1, -0.05) is 79.7 Å². The summed E-state index contributed by atoms with van der Waals surface area (Å²) in [7, 11) is 3.39. The first kappa shape index (κ1) is 48.2. The Kier molecular flexibility index (Phi) is 14.0. The first-order chi connectivity index (χ1) is 31.8. The van der Waals surface area contributed by atoms with Crippen LogP contribution < -0.4 is 9.47 Å². The smallest absolute Gasteiger partial charge is 0.159 e. The SMILES string of the molecule is COc1ccc2c(c1)C(c1ccc(SC(C)(C)CC(C)(C)CCOCCC(C)(C)CC(C)(C)Sc3ccc(C4=NCc5nnc(C)n5-c5ccc(OC)cc54)cc3)cc1)=NCc1nnc(C)n1-2. The van der Waals surface area contributed by atoms with Crippen LogP contribution in [0.2, 0.25) is 0 Å². The van der Waals surface area contributed by atoms with Gasteiger partial charge in [0.05, 0.1) is 37.0 Å². The van der Waals surface area contributed by atoms with E-state index < -0.39 is 0 Å². The second kappa shape index (κ2) is 19.4. The fourth-order valence-corrected chi connectivity index (χ4v) is 12.8. The number of rotatable bonds is 18. The molecule has 67 heavy (non-hydrogen) atoms. The molecule has 352 valence electrons. The number of hydrogen-bond donors (Lipinski definition) is 0. The molecule has 0 saturated carbocycles. The molecule has 4 heterocycles. The molecule has 8 rings (SSSR count). The summed E-state index contributed by atoms with van der Waals surface area (Å²) < 4.78 is 21.9. The van der Waals surface area contributed by atoms with Crippen molar-refractivity contribution in [3.8, 4) is 22.9 Å². The Balaban J connectivity index is 0.807. The van der Waals surface area contributed by atoms with E-state index in [-0.39, 0.29) is 20.3 Å². The highest BCUT2D eigenvalue weighted by atomic mass is 32.2. The molecule has 0 fully saturated rings. The summed E-state index contributed by atoms with van der Waals surface area (Å²) in [5.74, 6) is 4.93. The molecule has 2 aromatic heterocycles. The molecule has 0 unspecified atom stereocenters. The van der Waals surface area contributed by atoms with Crippen molar-refractivity contribution in [2.45, 2.75) is 127 Å². The van der Waals surface area contributed by atoms with Gasteiger partial charge in [-0.05, 0) is 111 Å². The summed E-state index contributed by atoms with van der Waals surface area (Å²) in [4.78, 5) is 12.6. The maximum atomic E-state index is 6.38. The second-order valence-electron chi connectivity index (χ2n) is 20.7. The molecule has 2 aliphatic rings. The second-order valence-corrected chi connectivity index (χ2v) is 24.2. The van der Waals surface area contributed by atoms with Gasteiger partial charge in [-0.25, -0.2) is 0 Å². The van der Waals surface area contributed by atoms with E-state index in [2.05, 4.69) is 158 Å². The molecule has 4 aromatic carbocycles. The lowest BCUT2D eigenvalue weighted by molar-refractivity contribution is 0.0745. The third-order valence-corrected chi connectivity index (χ3v) is 15.0. The number of fused-ring (bicyclic) bond motifs is 6. The van der Waals surface area contributed by atoms with Crippen LogP contribution in [-0.2, 0) is 17.8 Å². The summed E-state index contributed by atoms with van der Waals surface area (Å²) in [5.41, 5.74) is 8.29. The van der Waals surface area contributed by atoms with E-state index >= 15 is 0 Å². The Morgan fingerprint density at radius 1 is 0.522 bits per heavy atom. The molecule has 0 radical (unpaired) electrons. The van der Waals surface area contributed by atoms with E-state index in [1.165, 1.54) is 9.79 Å². The van der Waals surface area contributed by atoms with E-state index in [1.807, 2.05) is 49.5 Å². The van der Waals surface area contributed by atoms with Crippen molar-refractivity contribution < 1.29 is 14.2 Å². The Hall–Kier alpha value is -5.24. The van der Waals surface area contributed by atoms with Crippen molar-refractivity contribution in [1.82, 2.24) is 29.5 Å². The first-order valence-electron chi connectivity index (χ1n) is 23.3. The van der Waals surface area contributed by atoms with Gasteiger partial charge in [0.1, 0.15) is 36.2 Å². The molecule has 0 saturated heterocycles. The van der Waals surface area contributed by atoms with Gasteiger partial charge in [-0.2, -0.15) is 0 Å². The topological polar surface area (TPSA) is 114 Å². The van der Waals surface area contributed by atoms with Crippen LogP contribution in [0.5, 0.6) is 11.5 Å². The van der Waals surface area contributed by atoms with Gasteiger partial charge in [-0.3, -0.25) is 19.1 Å². The minimum absolute atomic E-state index is 0.0290. The number of nitrogens with zero attached hydrogens (tertiary/aromatic N) is 8. The maximum Gasteiger partial charge on any atom is 0.159 e. The summed E-state index contributed by atoms with van der Waals surface area (Å²) in [6.45, 7) is 25.4. The summed E-state index contributed by atoms with van der Waals surface area (Å²) in [6, 6.07) is 29.9. The number of aryl methyl sites for hydroxylation is 2. The van der Waals surface area contributed by atoms with Crippen LogP contribution in [0.4, 0.5) is 0 Å². The molecule has 0 aliphatic carbocycles. The van der Waals surface area contributed by atoms with Gasteiger partial charge >= 0.3 is 0 Å². The van der Waals surface area contributed by atoms with E-state index in [0.29, 0.717) is 13.1 Å². The zero-order valence-corrected chi connectivity index (χ0v) is 43.0. The van der Waals surface area contributed by atoms with E-state index in [4.69, 9.17) is 24.2 Å². The van der Waals surface area contributed by atoms with Crippen LogP contribution in [0.15, 0.2) is 105 Å². The highest BCUT2D eigenvalue weighted by Crippen LogP contribution is 2.44. The van der Waals surface area contributed by atoms with Crippen LogP contribution in [-0.4, -0.2) is 77.9 Å². The Bertz CT molecular complexity index is 2590. The standard InChI is InChI=1S/C54H66N8O3S2/c1-35-57-59-47-31-55-49(43-29-39(63-11)17-23-45(43)61(35)47)37-13-19-41(20-14-37)66-53(7,8)33-51(3,4)25-27-65-28-26-52(5,6)34-54(9,10)67-42-21-15-38(16-22-42)50-44-30-40(64-12)18-24-46(44)62-36(2)58-60-48(62)32-56-50/h13-24,29-30H,25-28,31-34H2,1-12H3. The monoisotopic (exact) mass is 938 g/mol. The van der Waals surface area contributed by atoms with Crippen molar-refractivity contribution in [2.75, 3.05) is 27.4 Å². The molecular formula is C54H66N8O3S2. The fraction of sp³-hybridized carbons (Fsp3) is 0.444. The van der Waals surface area contributed by atoms with Gasteiger partial charge in [-0.15, -0.1) is 43.9 Å². The fourth-order valence-electron chi connectivity index (χ4n) is 10.0. The van der Waals surface area contributed by atoms with Crippen molar-refractivity contribution in [2.24, 2.45) is 20.8 Å². The zero-order chi connectivity index (χ0) is 47.7. The summed E-state index contributed by atoms with van der Waals surface area (Å²) >= 11 is 3.87. The van der Waals surface area contributed by atoms with Crippen molar-refractivity contribution >= 4 is 34.9 Å². The Morgan fingerprint density at radius 2 is 0.910 bits per heavy atom. The predicted molar refractivity (Wildman–Crippen MR) is 274 cm³/mol. The number of aromatic nitrogens is 6. The molecule has 0 spiro atoms.